The summed E-state index contributed by atoms with van der Waals surface area (Å²) in [7, 11) is 0. The van der Waals surface area contributed by atoms with Gasteiger partial charge in [0.15, 0.2) is 6.61 Å². The van der Waals surface area contributed by atoms with Crippen molar-refractivity contribution in [3.63, 3.8) is 0 Å². The maximum Gasteiger partial charge on any atom is 0.258 e. The first-order valence-corrected chi connectivity index (χ1v) is 6.73. The molecular formula is C15H21NO3. The van der Waals surface area contributed by atoms with Crippen LogP contribution in [0.3, 0.4) is 0 Å². The van der Waals surface area contributed by atoms with Crippen molar-refractivity contribution in [3.8, 4) is 5.75 Å². The van der Waals surface area contributed by atoms with Crippen molar-refractivity contribution in [3.05, 3.63) is 29.3 Å². The van der Waals surface area contributed by atoms with Gasteiger partial charge in [0, 0.05) is 13.2 Å². The van der Waals surface area contributed by atoms with Crippen LogP contribution in [0.5, 0.6) is 5.75 Å². The summed E-state index contributed by atoms with van der Waals surface area (Å²) in [5.41, 5.74) is 2.38. The minimum atomic E-state index is -0.103. The van der Waals surface area contributed by atoms with E-state index in [1.54, 1.807) is 0 Å². The van der Waals surface area contributed by atoms with Crippen molar-refractivity contribution in [1.29, 1.82) is 0 Å². The molecule has 104 valence electrons. The van der Waals surface area contributed by atoms with Crippen LogP contribution in [0.1, 0.15) is 24.0 Å². The molecule has 19 heavy (non-hydrogen) atoms. The van der Waals surface area contributed by atoms with Gasteiger partial charge in [-0.05, 0) is 49.9 Å². The molecule has 1 aliphatic heterocycles. The average Bonchev–Trinajstić information content (AvgIpc) is 2.91. The van der Waals surface area contributed by atoms with E-state index in [9.17, 15) is 4.79 Å². The third-order valence-corrected chi connectivity index (χ3v) is 3.40. The zero-order valence-electron chi connectivity index (χ0n) is 11.6. The number of rotatable bonds is 5. The second-order valence-corrected chi connectivity index (χ2v) is 4.97. The van der Waals surface area contributed by atoms with E-state index in [4.69, 9.17) is 9.47 Å². The highest BCUT2D eigenvalue weighted by molar-refractivity contribution is 5.77. The standard InChI is InChI=1S/C15H21NO3/c1-11-5-6-13(8-12(11)2)19-10-15(17)16-9-14-4-3-7-18-14/h5-6,8,14H,3-4,7,9-10H2,1-2H3,(H,16,17). The van der Waals surface area contributed by atoms with E-state index in [2.05, 4.69) is 5.32 Å². The minimum absolute atomic E-state index is 0.0508. The smallest absolute Gasteiger partial charge is 0.258 e. The van der Waals surface area contributed by atoms with Crippen molar-refractivity contribution in [1.82, 2.24) is 5.32 Å². The average molecular weight is 263 g/mol. The molecule has 0 spiro atoms. The lowest BCUT2D eigenvalue weighted by atomic mass is 10.1. The van der Waals surface area contributed by atoms with E-state index in [0.29, 0.717) is 6.54 Å². The minimum Gasteiger partial charge on any atom is -0.484 e. The Morgan fingerprint density at radius 1 is 1.42 bits per heavy atom. The lowest BCUT2D eigenvalue weighted by Crippen LogP contribution is -2.35. The van der Waals surface area contributed by atoms with Gasteiger partial charge in [0.05, 0.1) is 6.10 Å². The number of aryl methyl sites for hydroxylation is 2. The Balaban J connectivity index is 1.71. The first-order chi connectivity index (χ1) is 9.15. The molecule has 1 fully saturated rings. The van der Waals surface area contributed by atoms with Crippen LogP contribution in [0, 0.1) is 13.8 Å². The summed E-state index contributed by atoms with van der Waals surface area (Å²) in [6, 6.07) is 5.83. The first kappa shape index (κ1) is 13.9. The third-order valence-electron chi connectivity index (χ3n) is 3.40. The van der Waals surface area contributed by atoms with Crippen molar-refractivity contribution in [2.24, 2.45) is 0 Å². The molecule has 2 rings (SSSR count). The van der Waals surface area contributed by atoms with Crippen molar-refractivity contribution in [2.75, 3.05) is 19.8 Å². The van der Waals surface area contributed by atoms with Gasteiger partial charge in [-0.2, -0.15) is 0 Å². The Hall–Kier alpha value is -1.55. The maximum absolute atomic E-state index is 11.6. The van der Waals surface area contributed by atoms with Crippen LogP contribution in [-0.2, 0) is 9.53 Å². The summed E-state index contributed by atoms with van der Waals surface area (Å²) in [5, 5.41) is 2.83. The van der Waals surface area contributed by atoms with Crippen LogP contribution in [0.2, 0.25) is 0 Å². The fraction of sp³-hybridized carbons (Fsp3) is 0.533. The van der Waals surface area contributed by atoms with Gasteiger partial charge >= 0.3 is 0 Å². The van der Waals surface area contributed by atoms with Gasteiger partial charge in [-0.3, -0.25) is 4.79 Å². The Morgan fingerprint density at radius 2 is 2.26 bits per heavy atom. The fourth-order valence-corrected chi connectivity index (χ4v) is 2.04. The number of nitrogens with one attached hydrogen (secondary N) is 1. The molecule has 0 aromatic heterocycles. The predicted octanol–water partition coefficient (Wildman–Crippen LogP) is 1.98. The Kier molecular flexibility index (Phi) is 4.80. The normalized spacial score (nSPS) is 18.3. The monoisotopic (exact) mass is 263 g/mol. The summed E-state index contributed by atoms with van der Waals surface area (Å²) in [4.78, 5) is 11.6. The van der Waals surface area contributed by atoms with Crippen molar-refractivity contribution in [2.45, 2.75) is 32.8 Å². The Bertz CT molecular complexity index is 439. The van der Waals surface area contributed by atoms with Gasteiger partial charge in [-0.1, -0.05) is 6.07 Å². The zero-order chi connectivity index (χ0) is 13.7. The van der Waals surface area contributed by atoms with Gasteiger partial charge in [0.1, 0.15) is 5.75 Å². The van der Waals surface area contributed by atoms with E-state index in [0.717, 1.165) is 30.8 Å². The van der Waals surface area contributed by atoms with Crippen LogP contribution in [-0.4, -0.2) is 31.8 Å². The Labute approximate surface area is 114 Å². The second-order valence-electron chi connectivity index (χ2n) is 4.97. The van der Waals surface area contributed by atoms with Gasteiger partial charge in [-0.15, -0.1) is 0 Å². The molecule has 1 saturated heterocycles. The van der Waals surface area contributed by atoms with E-state index >= 15 is 0 Å². The summed E-state index contributed by atoms with van der Waals surface area (Å²) in [6.07, 6.45) is 2.28. The summed E-state index contributed by atoms with van der Waals surface area (Å²) < 4.78 is 10.9. The van der Waals surface area contributed by atoms with Crippen LogP contribution in [0.25, 0.3) is 0 Å². The number of hydrogen-bond acceptors (Lipinski definition) is 3. The lowest BCUT2D eigenvalue weighted by Gasteiger charge is -2.12. The number of ether oxygens (including phenoxy) is 2. The molecule has 1 aromatic carbocycles. The zero-order valence-corrected chi connectivity index (χ0v) is 11.6. The van der Waals surface area contributed by atoms with E-state index < -0.39 is 0 Å². The topological polar surface area (TPSA) is 47.6 Å². The molecule has 4 nitrogen and oxygen atoms in total. The molecule has 1 amide bonds. The van der Waals surface area contributed by atoms with Crippen LogP contribution < -0.4 is 10.1 Å². The summed E-state index contributed by atoms with van der Waals surface area (Å²) in [6.45, 7) is 5.51. The van der Waals surface area contributed by atoms with Crippen LogP contribution in [0.4, 0.5) is 0 Å². The molecule has 1 unspecified atom stereocenters. The fourth-order valence-electron chi connectivity index (χ4n) is 2.04. The largest absolute Gasteiger partial charge is 0.484 e. The van der Waals surface area contributed by atoms with E-state index in [1.807, 2.05) is 32.0 Å². The molecule has 1 aliphatic rings. The van der Waals surface area contributed by atoms with Crippen molar-refractivity contribution < 1.29 is 14.3 Å². The molecule has 0 aliphatic carbocycles. The third kappa shape index (κ3) is 4.24. The molecule has 0 radical (unpaired) electrons. The molecule has 0 bridgehead atoms. The highest BCUT2D eigenvalue weighted by Gasteiger charge is 2.16. The molecule has 1 heterocycles. The van der Waals surface area contributed by atoms with E-state index in [-0.39, 0.29) is 18.6 Å². The van der Waals surface area contributed by atoms with Crippen LogP contribution >= 0.6 is 0 Å². The highest BCUT2D eigenvalue weighted by atomic mass is 16.5. The Morgan fingerprint density at radius 3 is 2.95 bits per heavy atom. The number of benzene rings is 1. The molecule has 1 atom stereocenters. The summed E-state index contributed by atoms with van der Waals surface area (Å²) in [5.74, 6) is 0.629. The number of hydrogen-bond donors (Lipinski definition) is 1. The predicted molar refractivity (Wildman–Crippen MR) is 73.4 cm³/mol. The van der Waals surface area contributed by atoms with Gasteiger partial charge < -0.3 is 14.8 Å². The second kappa shape index (κ2) is 6.57. The molecule has 0 saturated carbocycles. The number of carbonyl (C=O) groups is 1. The quantitative estimate of drug-likeness (QED) is 0.883. The number of amides is 1. The molecule has 1 N–H and O–H groups in total. The van der Waals surface area contributed by atoms with Gasteiger partial charge in [0.25, 0.3) is 5.91 Å². The summed E-state index contributed by atoms with van der Waals surface area (Å²) >= 11 is 0. The van der Waals surface area contributed by atoms with Gasteiger partial charge in [0.2, 0.25) is 0 Å². The highest BCUT2D eigenvalue weighted by Crippen LogP contribution is 2.16. The molecular weight excluding hydrogens is 242 g/mol. The van der Waals surface area contributed by atoms with Crippen LogP contribution in [0.15, 0.2) is 18.2 Å². The van der Waals surface area contributed by atoms with Crippen molar-refractivity contribution >= 4 is 5.91 Å². The molecule has 1 aromatic rings. The molecule has 4 heteroatoms. The van der Waals surface area contributed by atoms with Gasteiger partial charge in [-0.25, -0.2) is 0 Å². The van der Waals surface area contributed by atoms with E-state index in [1.165, 1.54) is 5.56 Å². The number of carbonyl (C=O) groups excluding carboxylic acids is 1. The first-order valence-electron chi connectivity index (χ1n) is 6.73. The SMILES string of the molecule is Cc1ccc(OCC(=O)NCC2CCCO2)cc1C. The lowest BCUT2D eigenvalue weighted by molar-refractivity contribution is -0.123. The maximum atomic E-state index is 11.6.